The lowest BCUT2D eigenvalue weighted by Gasteiger charge is -2.23. The van der Waals surface area contributed by atoms with Gasteiger partial charge in [-0.3, -0.25) is 0 Å². The summed E-state index contributed by atoms with van der Waals surface area (Å²) in [5.41, 5.74) is 7.69. The van der Waals surface area contributed by atoms with Crippen molar-refractivity contribution in [3.8, 4) is 0 Å². The molecule has 0 aliphatic rings. The Hall–Kier alpha value is -1.25. The van der Waals surface area contributed by atoms with Gasteiger partial charge in [-0.1, -0.05) is 26.7 Å². The normalized spacial score (nSPS) is 12.8. The number of anilines is 2. The van der Waals surface area contributed by atoms with Gasteiger partial charge in [0.25, 0.3) is 0 Å². The number of nitrogens with two attached hydrogens (primary N) is 1. The second-order valence-electron chi connectivity index (χ2n) is 4.44. The second kappa shape index (κ2) is 5.73. The highest BCUT2D eigenvalue weighted by atomic mass is 15.0. The second-order valence-corrected chi connectivity index (χ2v) is 4.44. The number of nitrogens with one attached hydrogen (secondary N) is 1. The first-order valence-corrected chi connectivity index (χ1v) is 6.07. The number of nitrogen functional groups attached to an aromatic ring is 1. The fraction of sp³-hybridized carbons (Fsp3) is 0.615. The van der Waals surface area contributed by atoms with Crippen LogP contribution in [0, 0.1) is 12.8 Å². The Morgan fingerprint density at radius 1 is 1.38 bits per heavy atom. The molecule has 1 unspecified atom stereocenters. The summed E-state index contributed by atoms with van der Waals surface area (Å²) in [5, 5.41) is 3.42. The minimum Gasteiger partial charge on any atom is -0.398 e. The fourth-order valence-electron chi connectivity index (χ4n) is 1.97. The summed E-state index contributed by atoms with van der Waals surface area (Å²) < 4.78 is 0. The molecule has 0 bridgehead atoms. The third kappa shape index (κ3) is 3.12. The highest BCUT2D eigenvalue weighted by Gasteiger charge is 2.13. The maximum Gasteiger partial charge on any atom is 0.128 e. The molecule has 0 spiro atoms. The van der Waals surface area contributed by atoms with Crippen LogP contribution in [0.4, 0.5) is 11.5 Å². The lowest BCUT2D eigenvalue weighted by atomic mass is 9.95. The highest BCUT2D eigenvalue weighted by molar-refractivity contribution is 5.53. The predicted molar refractivity (Wildman–Crippen MR) is 70.5 cm³/mol. The summed E-state index contributed by atoms with van der Waals surface area (Å²) in [6, 6.07) is 2.35. The SMILES string of the molecule is CCC(CC)C(C)Nc1cc(N)c(C)cn1. The van der Waals surface area contributed by atoms with Gasteiger partial charge in [0, 0.05) is 24.0 Å². The number of aromatic nitrogens is 1. The Bertz CT molecular complexity index is 332. The smallest absolute Gasteiger partial charge is 0.128 e. The van der Waals surface area contributed by atoms with E-state index < -0.39 is 0 Å². The van der Waals surface area contributed by atoms with E-state index in [4.69, 9.17) is 5.73 Å². The minimum atomic E-state index is 0.435. The number of aryl methyl sites for hydroxylation is 1. The van der Waals surface area contributed by atoms with Crippen molar-refractivity contribution in [1.82, 2.24) is 4.98 Å². The van der Waals surface area contributed by atoms with E-state index in [1.54, 1.807) is 0 Å². The maximum absolute atomic E-state index is 5.86. The molecule has 90 valence electrons. The van der Waals surface area contributed by atoms with Crippen molar-refractivity contribution in [1.29, 1.82) is 0 Å². The van der Waals surface area contributed by atoms with E-state index in [0.717, 1.165) is 17.1 Å². The summed E-state index contributed by atoms with van der Waals surface area (Å²) in [6.45, 7) is 8.62. The van der Waals surface area contributed by atoms with Crippen molar-refractivity contribution in [2.75, 3.05) is 11.1 Å². The van der Waals surface area contributed by atoms with Crippen LogP contribution in [0.15, 0.2) is 12.3 Å². The molecular formula is C13H23N3. The first kappa shape index (κ1) is 12.8. The molecule has 0 radical (unpaired) electrons. The summed E-state index contributed by atoms with van der Waals surface area (Å²) >= 11 is 0. The summed E-state index contributed by atoms with van der Waals surface area (Å²) in [7, 11) is 0. The average Bonchev–Trinajstić information content (AvgIpc) is 2.25. The molecule has 0 aliphatic carbocycles. The Balaban J connectivity index is 2.69. The first-order chi connectivity index (χ1) is 7.58. The largest absolute Gasteiger partial charge is 0.398 e. The third-order valence-electron chi connectivity index (χ3n) is 3.28. The third-order valence-corrected chi connectivity index (χ3v) is 3.28. The van der Waals surface area contributed by atoms with Crippen LogP contribution in [-0.2, 0) is 0 Å². The molecule has 3 nitrogen and oxygen atoms in total. The standard InChI is InChI=1S/C13H23N3/c1-5-11(6-2)10(4)16-13-7-12(14)9(3)8-15-13/h7-8,10-11H,5-6H2,1-4H3,(H3,14,15,16). The number of hydrogen-bond donors (Lipinski definition) is 2. The van der Waals surface area contributed by atoms with E-state index in [-0.39, 0.29) is 0 Å². The molecular weight excluding hydrogens is 198 g/mol. The number of hydrogen-bond acceptors (Lipinski definition) is 3. The predicted octanol–water partition coefficient (Wildman–Crippen LogP) is 3.21. The molecule has 1 aromatic rings. The fourth-order valence-corrected chi connectivity index (χ4v) is 1.97. The van der Waals surface area contributed by atoms with Crippen molar-refractivity contribution in [2.45, 2.75) is 46.6 Å². The van der Waals surface area contributed by atoms with Gasteiger partial charge in [-0.25, -0.2) is 4.98 Å². The lowest BCUT2D eigenvalue weighted by molar-refractivity contribution is 0.437. The molecule has 0 saturated carbocycles. The van der Waals surface area contributed by atoms with Crippen molar-refractivity contribution < 1.29 is 0 Å². The van der Waals surface area contributed by atoms with Gasteiger partial charge in [-0.15, -0.1) is 0 Å². The zero-order chi connectivity index (χ0) is 12.1. The molecule has 0 aliphatic heterocycles. The van der Waals surface area contributed by atoms with Crippen molar-refractivity contribution in [2.24, 2.45) is 5.92 Å². The molecule has 3 heteroatoms. The van der Waals surface area contributed by atoms with Gasteiger partial charge in [-0.05, 0) is 25.3 Å². The first-order valence-electron chi connectivity index (χ1n) is 6.07. The molecule has 1 aromatic heterocycles. The topological polar surface area (TPSA) is 50.9 Å². The van der Waals surface area contributed by atoms with E-state index in [1.807, 2.05) is 19.2 Å². The average molecular weight is 221 g/mol. The van der Waals surface area contributed by atoms with Crippen LogP contribution < -0.4 is 11.1 Å². The number of pyridine rings is 1. The summed E-state index contributed by atoms with van der Waals surface area (Å²) in [5.74, 6) is 1.56. The summed E-state index contributed by atoms with van der Waals surface area (Å²) in [4.78, 5) is 4.34. The van der Waals surface area contributed by atoms with Crippen LogP contribution in [0.3, 0.4) is 0 Å². The maximum atomic E-state index is 5.86. The van der Waals surface area contributed by atoms with E-state index >= 15 is 0 Å². The van der Waals surface area contributed by atoms with Gasteiger partial charge in [0.2, 0.25) is 0 Å². The Morgan fingerprint density at radius 2 is 2.00 bits per heavy atom. The van der Waals surface area contributed by atoms with E-state index in [1.165, 1.54) is 12.8 Å². The molecule has 0 fully saturated rings. The zero-order valence-corrected chi connectivity index (χ0v) is 10.7. The van der Waals surface area contributed by atoms with Crippen LogP contribution in [-0.4, -0.2) is 11.0 Å². The summed E-state index contributed by atoms with van der Waals surface area (Å²) in [6.07, 6.45) is 4.19. The van der Waals surface area contributed by atoms with Crippen molar-refractivity contribution in [3.05, 3.63) is 17.8 Å². The Kier molecular flexibility index (Phi) is 4.59. The molecule has 0 aromatic carbocycles. The molecule has 16 heavy (non-hydrogen) atoms. The molecule has 0 saturated heterocycles. The molecule has 0 amide bonds. The molecule has 3 N–H and O–H groups in total. The van der Waals surface area contributed by atoms with Crippen molar-refractivity contribution in [3.63, 3.8) is 0 Å². The van der Waals surface area contributed by atoms with Crippen LogP contribution in [0.5, 0.6) is 0 Å². The van der Waals surface area contributed by atoms with Crippen molar-refractivity contribution >= 4 is 11.5 Å². The quantitative estimate of drug-likeness (QED) is 0.802. The Morgan fingerprint density at radius 3 is 2.50 bits per heavy atom. The lowest BCUT2D eigenvalue weighted by Crippen LogP contribution is -2.25. The molecule has 1 heterocycles. The monoisotopic (exact) mass is 221 g/mol. The van der Waals surface area contributed by atoms with E-state index in [2.05, 4.69) is 31.1 Å². The number of nitrogens with zero attached hydrogens (tertiary/aromatic N) is 1. The molecule has 1 rings (SSSR count). The highest BCUT2D eigenvalue weighted by Crippen LogP contribution is 2.19. The van der Waals surface area contributed by atoms with Crippen LogP contribution in [0.1, 0.15) is 39.2 Å². The van der Waals surface area contributed by atoms with E-state index in [0.29, 0.717) is 12.0 Å². The molecule has 1 atom stereocenters. The van der Waals surface area contributed by atoms with Crippen LogP contribution >= 0.6 is 0 Å². The van der Waals surface area contributed by atoms with Gasteiger partial charge < -0.3 is 11.1 Å². The van der Waals surface area contributed by atoms with Crippen LogP contribution in [0.2, 0.25) is 0 Å². The number of rotatable bonds is 5. The van der Waals surface area contributed by atoms with E-state index in [9.17, 15) is 0 Å². The van der Waals surface area contributed by atoms with Gasteiger partial charge in [0.1, 0.15) is 5.82 Å². The van der Waals surface area contributed by atoms with Gasteiger partial charge in [-0.2, -0.15) is 0 Å². The van der Waals surface area contributed by atoms with Gasteiger partial charge in [0.15, 0.2) is 0 Å². The van der Waals surface area contributed by atoms with Gasteiger partial charge >= 0.3 is 0 Å². The minimum absolute atomic E-state index is 0.435. The van der Waals surface area contributed by atoms with Gasteiger partial charge in [0.05, 0.1) is 0 Å². The zero-order valence-electron chi connectivity index (χ0n) is 10.7. The van der Waals surface area contributed by atoms with Crippen LogP contribution in [0.25, 0.3) is 0 Å². The Labute approximate surface area is 98.5 Å².